The first-order valence-corrected chi connectivity index (χ1v) is 23.3. The molecule has 0 spiro atoms. The molecule has 1 saturated carbocycles. The van der Waals surface area contributed by atoms with Crippen LogP contribution in [0.4, 0.5) is 29.3 Å². The number of fused-ring (bicyclic) bond motifs is 1. The smallest absolute Gasteiger partial charge is 0.416 e. The molecule has 3 saturated heterocycles. The van der Waals surface area contributed by atoms with Gasteiger partial charge in [0.1, 0.15) is 12.4 Å². The lowest BCUT2D eigenvalue weighted by molar-refractivity contribution is -0.137. The zero-order chi connectivity index (χ0) is 44.0. The summed E-state index contributed by atoms with van der Waals surface area (Å²) in [6.45, 7) is 14.8. The Morgan fingerprint density at radius 3 is 1.87 bits per heavy atom. The first kappa shape index (κ1) is 46.3. The number of Topliss-reactive ketones (excluding diaryl/α,β-unsaturated/α-hetero) is 1. The number of carbonyl (C=O) groups excluding carboxylic acids is 2. The number of benzene rings is 4. The summed E-state index contributed by atoms with van der Waals surface area (Å²) in [5, 5.41) is 5.70. The lowest BCUT2D eigenvalue weighted by Crippen LogP contribution is -2.47. The molecule has 8 rings (SSSR count). The summed E-state index contributed by atoms with van der Waals surface area (Å²) in [5.41, 5.74) is 2.41. The molecule has 9 nitrogen and oxygen atoms in total. The number of piperidine rings is 1. The Balaban J connectivity index is 0.000000193. The number of piperazine rings is 2. The molecule has 12 heteroatoms. The van der Waals surface area contributed by atoms with E-state index in [0.29, 0.717) is 23.9 Å². The molecule has 63 heavy (non-hydrogen) atoms. The number of ether oxygens (including phenoxy) is 1. The van der Waals surface area contributed by atoms with Crippen molar-refractivity contribution in [2.75, 3.05) is 94.9 Å². The molecule has 1 aliphatic carbocycles. The van der Waals surface area contributed by atoms with Gasteiger partial charge in [-0.2, -0.15) is 13.2 Å². The number of alkyl carbamates (subject to hydrolysis) is 1. The third-order valence-corrected chi connectivity index (χ3v) is 13.6. The van der Waals surface area contributed by atoms with Gasteiger partial charge in [0.15, 0.2) is 0 Å². The Kier molecular flexibility index (Phi) is 16.8. The highest BCUT2D eigenvalue weighted by atomic mass is 19.4. The number of halogens is 3. The molecule has 0 aromatic heterocycles. The van der Waals surface area contributed by atoms with Crippen LogP contribution in [0, 0.1) is 11.8 Å². The molecule has 1 N–H and O–H groups in total. The first-order chi connectivity index (χ1) is 30.6. The number of hydrogen-bond acceptors (Lipinski definition) is 8. The van der Waals surface area contributed by atoms with Crippen molar-refractivity contribution >= 4 is 34.0 Å². The zero-order valence-corrected chi connectivity index (χ0v) is 37.1. The number of nitrogens with one attached hydrogen (secondary N) is 1. The van der Waals surface area contributed by atoms with Gasteiger partial charge in [0.2, 0.25) is 0 Å². The number of carbonyl (C=O) groups is 2. The molecule has 0 unspecified atom stereocenters. The van der Waals surface area contributed by atoms with Gasteiger partial charge in [-0.1, -0.05) is 72.8 Å². The highest BCUT2D eigenvalue weighted by molar-refractivity contribution is 5.94. The number of likely N-dealkylation sites (tertiary alicyclic amines) is 1. The largest absolute Gasteiger partial charge is 0.445 e. The molecular weight excluding hydrogens is 802 g/mol. The average Bonchev–Trinajstić information content (AvgIpc) is 3.31. The van der Waals surface area contributed by atoms with Gasteiger partial charge in [-0.25, -0.2) is 4.79 Å². The van der Waals surface area contributed by atoms with E-state index in [1.807, 2.05) is 35.2 Å². The molecule has 340 valence electrons. The van der Waals surface area contributed by atoms with Crippen LogP contribution < -0.4 is 15.1 Å². The van der Waals surface area contributed by atoms with Gasteiger partial charge in [-0.3, -0.25) is 19.5 Å². The number of ketones is 1. The molecule has 4 fully saturated rings. The predicted molar refractivity (Wildman–Crippen MR) is 247 cm³/mol. The van der Waals surface area contributed by atoms with Crippen LogP contribution in [0.2, 0.25) is 0 Å². The third-order valence-electron chi connectivity index (χ3n) is 13.6. The molecule has 0 radical (unpaired) electrons. The molecule has 0 bridgehead atoms. The van der Waals surface area contributed by atoms with Gasteiger partial charge >= 0.3 is 12.3 Å². The topological polar surface area (TPSA) is 71.6 Å². The second-order valence-electron chi connectivity index (χ2n) is 18.1. The number of nitrogens with zero attached hydrogens (tertiary/aromatic N) is 5. The fourth-order valence-electron chi connectivity index (χ4n) is 9.81. The lowest BCUT2D eigenvalue weighted by atomic mass is 9.84. The van der Waals surface area contributed by atoms with Crippen LogP contribution >= 0.6 is 0 Å². The van der Waals surface area contributed by atoms with Crippen LogP contribution in [0.3, 0.4) is 0 Å². The van der Waals surface area contributed by atoms with Crippen LogP contribution in [0.1, 0.15) is 69.4 Å². The highest BCUT2D eigenvalue weighted by Crippen LogP contribution is 2.33. The van der Waals surface area contributed by atoms with Crippen molar-refractivity contribution in [1.29, 1.82) is 0 Å². The van der Waals surface area contributed by atoms with Gasteiger partial charge in [0.25, 0.3) is 0 Å². The molecular formula is C51H67F3N6O3. The summed E-state index contributed by atoms with van der Waals surface area (Å²) < 4.78 is 44.3. The monoisotopic (exact) mass is 869 g/mol. The van der Waals surface area contributed by atoms with Gasteiger partial charge in [-0.15, -0.1) is 0 Å². The Morgan fingerprint density at radius 1 is 0.635 bits per heavy atom. The van der Waals surface area contributed by atoms with Crippen LogP contribution in [-0.4, -0.2) is 118 Å². The molecule has 3 heterocycles. The van der Waals surface area contributed by atoms with Crippen molar-refractivity contribution in [2.24, 2.45) is 11.8 Å². The summed E-state index contributed by atoms with van der Waals surface area (Å²) >= 11 is 0. The maximum Gasteiger partial charge on any atom is 0.416 e. The number of alkyl halides is 3. The van der Waals surface area contributed by atoms with Crippen molar-refractivity contribution in [1.82, 2.24) is 20.0 Å². The normalized spacial score (nSPS) is 20.8. The second-order valence-corrected chi connectivity index (χ2v) is 18.1. The number of hydrogen-bond donors (Lipinski definition) is 1. The Labute approximate surface area is 372 Å². The molecule has 4 aromatic carbocycles. The minimum absolute atomic E-state index is 0.172. The fourth-order valence-corrected chi connectivity index (χ4v) is 9.81. The summed E-state index contributed by atoms with van der Waals surface area (Å²) in [5.74, 6) is 1.77. The van der Waals surface area contributed by atoms with Crippen LogP contribution in [-0.2, 0) is 22.3 Å². The van der Waals surface area contributed by atoms with Gasteiger partial charge in [-0.05, 0) is 132 Å². The molecule has 0 atom stereocenters. The SMILES string of the molecule is CC(=O)CN1CCC(CCN2CCN(c3cccc4ccccc34)CC2)CC1.O=C(NC1CCC(CCN2CCN(c3cccc(C(F)(F)F)c3)CC2)CC1)OCc1ccccc1. The van der Waals surface area contributed by atoms with Crippen molar-refractivity contribution in [3.63, 3.8) is 0 Å². The quantitative estimate of drug-likeness (QED) is 0.143. The summed E-state index contributed by atoms with van der Waals surface area (Å²) in [6, 6.07) is 30.8. The van der Waals surface area contributed by atoms with Crippen molar-refractivity contribution in [3.8, 4) is 0 Å². The fraction of sp³-hybridized carbons (Fsp3) is 0.529. The average molecular weight is 869 g/mol. The van der Waals surface area contributed by atoms with Gasteiger partial charge < -0.3 is 19.9 Å². The Hall–Kier alpha value is -4.65. The van der Waals surface area contributed by atoms with Gasteiger partial charge in [0.05, 0.1) is 12.1 Å². The molecule has 1 amide bonds. The maximum absolute atomic E-state index is 13.0. The van der Waals surface area contributed by atoms with Gasteiger partial charge in [0, 0.05) is 75.2 Å². The number of anilines is 2. The Morgan fingerprint density at radius 2 is 1.22 bits per heavy atom. The number of rotatable bonds is 13. The summed E-state index contributed by atoms with van der Waals surface area (Å²) in [4.78, 5) is 35.3. The van der Waals surface area contributed by atoms with E-state index in [2.05, 4.69) is 67.4 Å². The first-order valence-electron chi connectivity index (χ1n) is 23.3. The highest BCUT2D eigenvalue weighted by Gasteiger charge is 2.31. The van der Waals surface area contributed by atoms with Crippen LogP contribution in [0.25, 0.3) is 10.8 Å². The lowest BCUT2D eigenvalue weighted by Gasteiger charge is -2.38. The number of amides is 1. The van der Waals surface area contributed by atoms with Crippen LogP contribution in [0.15, 0.2) is 97.1 Å². The minimum Gasteiger partial charge on any atom is -0.445 e. The Bertz CT molecular complexity index is 2010. The van der Waals surface area contributed by atoms with E-state index >= 15 is 0 Å². The van der Waals surface area contributed by atoms with E-state index < -0.39 is 11.7 Å². The van der Waals surface area contributed by atoms with E-state index in [-0.39, 0.29) is 18.7 Å². The third kappa shape index (κ3) is 14.2. The molecule has 4 aromatic rings. The van der Waals surface area contributed by atoms with Crippen molar-refractivity contribution < 1.29 is 27.5 Å². The molecule has 4 aliphatic rings. The standard InChI is InChI=1S/C27H34F3N3O2.C24H33N3O/c28-27(29,30)23-7-4-8-25(19-23)33-17-15-32(16-18-33)14-13-21-9-11-24(12-10-21)31-26(34)35-20-22-5-2-1-3-6-22;1-20(28)19-26-13-10-21(11-14-26)9-12-25-15-17-27(18-16-25)24-8-4-6-22-5-2-3-7-23(22)24/h1-8,19,21,24H,9-18,20H2,(H,31,34);2-8,21H,9-19H2,1H3. The minimum atomic E-state index is -4.31. The van der Waals surface area contributed by atoms with E-state index in [1.54, 1.807) is 13.0 Å². The maximum atomic E-state index is 13.0. The summed E-state index contributed by atoms with van der Waals surface area (Å²) in [6.07, 6.45) is 4.39. The van der Waals surface area contributed by atoms with E-state index in [0.717, 1.165) is 122 Å². The second kappa shape index (κ2) is 22.8. The van der Waals surface area contributed by atoms with Crippen LogP contribution in [0.5, 0.6) is 0 Å². The van der Waals surface area contributed by atoms with Crippen molar-refractivity contribution in [3.05, 3.63) is 108 Å². The van der Waals surface area contributed by atoms with E-state index in [9.17, 15) is 22.8 Å². The van der Waals surface area contributed by atoms with E-state index in [4.69, 9.17) is 4.74 Å². The zero-order valence-electron chi connectivity index (χ0n) is 37.1. The van der Waals surface area contributed by atoms with E-state index in [1.165, 1.54) is 54.4 Å². The van der Waals surface area contributed by atoms with Crippen molar-refractivity contribution in [2.45, 2.75) is 77.1 Å². The predicted octanol–water partition coefficient (Wildman–Crippen LogP) is 9.36. The summed E-state index contributed by atoms with van der Waals surface area (Å²) in [7, 11) is 0. The molecule has 3 aliphatic heterocycles.